The van der Waals surface area contributed by atoms with Crippen molar-refractivity contribution >= 4 is 33.9 Å². The molecule has 1 atom stereocenters. The molecule has 0 amide bonds. The number of rotatable bonds is 5. The number of anilines is 2. The number of nitrogens with zero attached hydrogens (tertiary/aromatic N) is 6. The zero-order chi connectivity index (χ0) is 23.7. The fourth-order valence-corrected chi connectivity index (χ4v) is 5.60. The van der Waals surface area contributed by atoms with Gasteiger partial charge in [0, 0.05) is 49.9 Å². The van der Waals surface area contributed by atoms with Crippen LogP contribution in [0.25, 0.3) is 10.8 Å². The van der Waals surface area contributed by atoms with Crippen LogP contribution < -0.4 is 14.5 Å². The lowest BCUT2D eigenvalue weighted by atomic mass is 9.97. The summed E-state index contributed by atoms with van der Waals surface area (Å²) in [6, 6.07) is 12.7. The highest BCUT2D eigenvalue weighted by Crippen LogP contribution is 2.36. The van der Waals surface area contributed by atoms with E-state index in [2.05, 4.69) is 47.3 Å². The van der Waals surface area contributed by atoms with E-state index in [1.807, 2.05) is 17.0 Å². The quantitative estimate of drug-likeness (QED) is 0.503. The van der Waals surface area contributed by atoms with Crippen molar-refractivity contribution < 1.29 is 4.74 Å². The van der Waals surface area contributed by atoms with E-state index in [0.29, 0.717) is 18.5 Å². The van der Waals surface area contributed by atoms with Crippen molar-refractivity contribution in [2.45, 2.75) is 25.8 Å². The normalized spacial score (nSPS) is 17.9. The molecule has 0 radical (unpaired) electrons. The fourth-order valence-electron chi connectivity index (χ4n) is 5.32. The third kappa shape index (κ3) is 4.30. The van der Waals surface area contributed by atoms with Crippen molar-refractivity contribution in [2.75, 3.05) is 50.1 Å². The monoisotopic (exact) mass is 476 g/mol. The summed E-state index contributed by atoms with van der Waals surface area (Å²) in [5, 5.41) is 12.3. The number of fused-ring (bicyclic) bond motifs is 2. The molecule has 2 aliphatic rings. The number of hydrogen-bond acceptors (Lipinski definition) is 7. The molecule has 1 fully saturated rings. The van der Waals surface area contributed by atoms with Crippen LogP contribution >= 0.6 is 11.6 Å². The predicted molar refractivity (Wildman–Crippen MR) is 135 cm³/mol. The third-order valence-corrected chi connectivity index (χ3v) is 7.25. The first kappa shape index (κ1) is 22.5. The van der Waals surface area contributed by atoms with Crippen LogP contribution in [-0.4, -0.2) is 55.2 Å². The Balaban J connectivity index is 1.44. The van der Waals surface area contributed by atoms with Gasteiger partial charge >= 0.3 is 6.01 Å². The molecule has 0 saturated carbocycles. The summed E-state index contributed by atoms with van der Waals surface area (Å²) in [7, 11) is 3.70. The number of aromatic nitrogens is 2. The number of ether oxygens (including phenoxy) is 1. The number of benzene rings is 2. The number of piperidine rings is 1. The highest BCUT2D eigenvalue weighted by atomic mass is 35.5. The first-order chi connectivity index (χ1) is 16.6. The van der Waals surface area contributed by atoms with Crippen LogP contribution in [0, 0.1) is 17.4 Å². The Morgan fingerprint density at radius 1 is 1.21 bits per heavy atom. The molecule has 3 heterocycles. The van der Waals surface area contributed by atoms with Crippen LogP contribution in [0.15, 0.2) is 36.4 Å². The van der Waals surface area contributed by atoms with Gasteiger partial charge in [-0.3, -0.25) is 0 Å². The maximum absolute atomic E-state index is 9.30. The van der Waals surface area contributed by atoms with Gasteiger partial charge in [0.05, 0.1) is 24.4 Å². The number of nitriles is 1. The minimum atomic E-state index is 0.390. The van der Waals surface area contributed by atoms with Crippen LogP contribution in [0.1, 0.15) is 24.1 Å². The molecular formula is C26H29ClN6O. The van der Waals surface area contributed by atoms with Gasteiger partial charge in [-0.25, -0.2) is 0 Å². The number of methoxy groups -OCH3 is 1. The SMILES string of the molecule is COc1nc2c(c(N(C)CC3CCCN(C#N)C3)n1)CCN(c1cccc3cccc(Cl)c13)C2. The lowest BCUT2D eigenvalue weighted by Crippen LogP contribution is -2.39. The van der Waals surface area contributed by atoms with Gasteiger partial charge in [-0.1, -0.05) is 35.9 Å². The summed E-state index contributed by atoms with van der Waals surface area (Å²) < 4.78 is 5.49. The molecule has 34 heavy (non-hydrogen) atoms. The second-order valence-corrected chi connectivity index (χ2v) is 9.59. The largest absolute Gasteiger partial charge is 0.467 e. The van der Waals surface area contributed by atoms with Gasteiger partial charge in [0.1, 0.15) is 5.82 Å². The Hall–Kier alpha value is -3.24. The summed E-state index contributed by atoms with van der Waals surface area (Å²) in [5.41, 5.74) is 3.30. The van der Waals surface area contributed by atoms with Gasteiger partial charge in [0.2, 0.25) is 0 Å². The second kappa shape index (κ2) is 9.55. The van der Waals surface area contributed by atoms with Crippen LogP contribution in [-0.2, 0) is 13.0 Å². The van der Waals surface area contributed by atoms with Gasteiger partial charge in [0.25, 0.3) is 0 Å². The van der Waals surface area contributed by atoms with E-state index in [1.165, 1.54) is 5.56 Å². The van der Waals surface area contributed by atoms with Crippen molar-refractivity contribution in [2.24, 2.45) is 5.92 Å². The molecule has 0 spiro atoms. The first-order valence-corrected chi connectivity index (χ1v) is 12.2. The maximum Gasteiger partial charge on any atom is 0.318 e. The van der Waals surface area contributed by atoms with Crippen molar-refractivity contribution in [1.29, 1.82) is 5.26 Å². The van der Waals surface area contributed by atoms with Gasteiger partial charge in [0.15, 0.2) is 6.19 Å². The Morgan fingerprint density at radius 2 is 2.03 bits per heavy atom. The van der Waals surface area contributed by atoms with E-state index < -0.39 is 0 Å². The lowest BCUT2D eigenvalue weighted by Gasteiger charge is -2.35. The van der Waals surface area contributed by atoms with Crippen molar-refractivity contribution in [3.05, 3.63) is 52.7 Å². The standard InChI is InChI=1S/C26H29ClN6O/c1-31(14-18-6-5-12-32(15-18)17-28)25-20-11-13-33(16-22(20)29-26(30-25)34-2)23-10-4-8-19-7-3-9-21(27)24(19)23/h3-4,7-10,18H,5-6,11-16H2,1-2H3. The summed E-state index contributed by atoms with van der Waals surface area (Å²) in [6.45, 7) is 4.06. The molecule has 7 nitrogen and oxygen atoms in total. The van der Waals surface area contributed by atoms with Gasteiger partial charge < -0.3 is 19.4 Å². The molecule has 3 aromatic rings. The summed E-state index contributed by atoms with van der Waals surface area (Å²) in [5.74, 6) is 1.37. The fraction of sp³-hybridized carbons (Fsp3) is 0.423. The van der Waals surface area contributed by atoms with E-state index in [1.54, 1.807) is 7.11 Å². The van der Waals surface area contributed by atoms with Crippen LogP contribution in [0.4, 0.5) is 11.5 Å². The number of likely N-dealkylation sites (tertiary alicyclic amines) is 1. The molecule has 1 unspecified atom stereocenters. The molecule has 5 rings (SSSR count). The molecule has 8 heteroatoms. The summed E-state index contributed by atoms with van der Waals surface area (Å²) in [6.07, 6.45) is 5.33. The Bertz CT molecular complexity index is 1240. The molecule has 0 bridgehead atoms. The highest BCUT2D eigenvalue weighted by molar-refractivity contribution is 6.36. The van der Waals surface area contributed by atoms with E-state index in [4.69, 9.17) is 26.3 Å². The molecule has 2 aromatic carbocycles. The molecule has 176 valence electrons. The van der Waals surface area contributed by atoms with Crippen LogP contribution in [0.2, 0.25) is 5.02 Å². The minimum absolute atomic E-state index is 0.390. The summed E-state index contributed by atoms with van der Waals surface area (Å²) >= 11 is 6.61. The van der Waals surface area contributed by atoms with Gasteiger partial charge in [-0.2, -0.15) is 15.2 Å². The Morgan fingerprint density at radius 3 is 2.82 bits per heavy atom. The van der Waals surface area contributed by atoms with Crippen LogP contribution in [0.5, 0.6) is 6.01 Å². The molecule has 0 aliphatic carbocycles. The molecular weight excluding hydrogens is 448 g/mol. The zero-order valence-electron chi connectivity index (χ0n) is 19.7. The van der Waals surface area contributed by atoms with Crippen molar-refractivity contribution in [1.82, 2.24) is 14.9 Å². The molecule has 2 aliphatic heterocycles. The third-order valence-electron chi connectivity index (χ3n) is 6.93. The topological polar surface area (TPSA) is 68.5 Å². The lowest BCUT2D eigenvalue weighted by molar-refractivity contribution is 0.246. The van der Waals surface area contributed by atoms with Gasteiger partial charge in [-0.05, 0) is 42.7 Å². The van der Waals surface area contributed by atoms with E-state index in [-0.39, 0.29) is 0 Å². The maximum atomic E-state index is 9.30. The molecule has 1 saturated heterocycles. The van der Waals surface area contributed by atoms with Crippen LogP contribution in [0.3, 0.4) is 0 Å². The molecule has 0 N–H and O–H groups in total. The Kier molecular flexibility index (Phi) is 6.34. The molecule has 1 aromatic heterocycles. The number of hydrogen-bond donors (Lipinski definition) is 0. The van der Waals surface area contributed by atoms with E-state index in [9.17, 15) is 5.26 Å². The average Bonchev–Trinajstić information content (AvgIpc) is 2.87. The zero-order valence-corrected chi connectivity index (χ0v) is 20.4. The smallest absolute Gasteiger partial charge is 0.318 e. The minimum Gasteiger partial charge on any atom is -0.467 e. The first-order valence-electron chi connectivity index (χ1n) is 11.8. The summed E-state index contributed by atoms with van der Waals surface area (Å²) in [4.78, 5) is 15.9. The second-order valence-electron chi connectivity index (χ2n) is 9.18. The highest BCUT2D eigenvalue weighted by Gasteiger charge is 2.27. The number of halogens is 1. The van der Waals surface area contributed by atoms with E-state index >= 15 is 0 Å². The van der Waals surface area contributed by atoms with Crippen molar-refractivity contribution in [3.8, 4) is 12.2 Å². The Labute approximate surface area is 205 Å². The van der Waals surface area contributed by atoms with E-state index in [0.717, 1.165) is 78.4 Å². The predicted octanol–water partition coefficient (Wildman–Crippen LogP) is 4.48. The van der Waals surface area contributed by atoms with Gasteiger partial charge in [-0.15, -0.1) is 0 Å². The average molecular weight is 477 g/mol. The van der Waals surface area contributed by atoms with Crippen molar-refractivity contribution in [3.63, 3.8) is 0 Å².